The van der Waals surface area contributed by atoms with Gasteiger partial charge in [0.25, 0.3) is 5.91 Å². The van der Waals surface area contributed by atoms with Gasteiger partial charge >= 0.3 is 0 Å². The minimum atomic E-state index is -0.590. The average molecular weight is 439 g/mol. The monoisotopic (exact) mass is 438 g/mol. The van der Waals surface area contributed by atoms with Gasteiger partial charge in [0, 0.05) is 18.5 Å². The Bertz CT molecular complexity index is 985. The highest BCUT2D eigenvalue weighted by Crippen LogP contribution is 2.41. The number of hydrogen-bond donors (Lipinski definition) is 1. The molecule has 1 aliphatic carbocycles. The van der Waals surface area contributed by atoms with E-state index in [0.717, 1.165) is 36.0 Å². The molecule has 5 nitrogen and oxygen atoms in total. The molecule has 4 rings (SSSR count). The smallest absolute Gasteiger partial charge is 0.261 e. The van der Waals surface area contributed by atoms with Crippen LogP contribution in [0.2, 0.25) is 0 Å². The summed E-state index contributed by atoms with van der Waals surface area (Å²) in [6.07, 6.45) is 2.59. The zero-order valence-corrected chi connectivity index (χ0v) is 18.9. The molecule has 0 aromatic heterocycles. The molecule has 1 aliphatic heterocycles. The number of benzene rings is 2. The minimum absolute atomic E-state index is 0.0357. The Kier molecular flexibility index (Phi) is 6.49. The summed E-state index contributed by atoms with van der Waals surface area (Å²) >= 11 is 0. The van der Waals surface area contributed by atoms with E-state index >= 15 is 0 Å². The Morgan fingerprint density at radius 2 is 1.88 bits per heavy atom. The fourth-order valence-electron chi connectivity index (χ4n) is 4.34. The molecule has 2 amide bonds. The summed E-state index contributed by atoms with van der Waals surface area (Å²) in [7, 11) is 0. The van der Waals surface area contributed by atoms with Crippen molar-refractivity contribution in [1.29, 1.82) is 0 Å². The molecular formula is C26H31FN2O3. The summed E-state index contributed by atoms with van der Waals surface area (Å²) in [5.74, 6) is 0.425. The van der Waals surface area contributed by atoms with Crippen LogP contribution in [0.3, 0.4) is 0 Å². The van der Waals surface area contributed by atoms with Crippen LogP contribution in [-0.4, -0.2) is 35.4 Å². The van der Waals surface area contributed by atoms with E-state index in [9.17, 15) is 14.0 Å². The maximum atomic E-state index is 13.6. The van der Waals surface area contributed by atoms with E-state index in [0.29, 0.717) is 18.7 Å². The van der Waals surface area contributed by atoms with Crippen molar-refractivity contribution in [2.75, 3.05) is 6.54 Å². The van der Waals surface area contributed by atoms with E-state index in [1.54, 1.807) is 12.1 Å². The van der Waals surface area contributed by atoms with Gasteiger partial charge in [-0.3, -0.25) is 9.59 Å². The van der Waals surface area contributed by atoms with Gasteiger partial charge in [0.05, 0.1) is 6.04 Å². The maximum absolute atomic E-state index is 13.6. The van der Waals surface area contributed by atoms with Crippen molar-refractivity contribution in [2.45, 2.75) is 64.6 Å². The summed E-state index contributed by atoms with van der Waals surface area (Å²) in [6, 6.07) is 12.0. The third-order valence-corrected chi connectivity index (χ3v) is 6.11. The predicted molar refractivity (Wildman–Crippen MR) is 121 cm³/mol. The molecule has 2 aliphatic rings. The van der Waals surface area contributed by atoms with Crippen molar-refractivity contribution < 1.29 is 18.7 Å². The molecule has 170 valence electrons. The van der Waals surface area contributed by atoms with Crippen LogP contribution in [0.25, 0.3) is 0 Å². The van der Waals surface area contributed by atoms with Gasteiger partial charge in [-0.05, 0) is 80.5 Å². The van der Waals surface area contributed by atoms with Crippen molar-refractivity contribution in [1.82, 2.24) is 10.2 Å². The Labute approximate surface area is 188 Å². The second-order valence-corrected chi connectivity index (χ2v) is 9.05. The van der Waals surface area contributed by atoms with Crippen molar-refractivity contribution >= 4 is 11.8 Å². The minimum Gasteiger partial charge on any atom is -0.481 e. The lowest BCUT2D eigenvalue weighted by atomic mass is 9.87. The largest absolute Gasteiger partial charge is 0.481 e. The SMILES string of the molecule is CC[C@@H](Oc1ccc2c(c1)[C@H](c1ccc(F)cc1)N(C(=O)C1CC1)CC2)C(=O)NC(C)C. The highest BCUT2D eigenvalue weighted by Gasteiger charge is 2.39. The van der Waals surface area contributed by atoms with Crippen molar-refractivity contribution in [2.24, 2.45) is 5.92 Å². The van der Waals surface area contributed by atoms with Crippen LogP contribution in [0.5, 0.6) is 5.75 Å². The lowest BCUT2D eigenvalue weighted by Crippen LogP contribution is -2.42. The number of ether oxygens (including phenoxy) is 1. The third kappa shape index (κ3) is 4.79. The van der Waals surface area contributed by atoms with Gasteiger partial charge in [0.2, 0.25) is 5.91 Å². The zero-order valence-electron chi connectivity index (χ0n) is 18.9. The fraction of sp³-hybridized carbons (Fsp3) is 0.462. The Hall–Kier alpha value is -2.89. The first-order valence-electron chi connectivity index (χ1n) is 11.5. The van der Waals surface area contributed by atoms with Crippen LogP contribution in [0.1, 0.15) is 62.8 Å². The van der Waals surface area contributed by atoms with Gasteiger partial charge in [-0.2, -0.15) is 0 Å². The molecule has 6 heteroatoms. The van der Waals surface area contributed by atoms with E-state index in [2.05, 4.69) is 5.32 Å². The number of halogens is 1. The van der Waals surface area contributed by atoms with Crippen molar-refractivity contribution in [3.63, 3.8) is 0 Å². The van der Waals surface area contributed by atoms with Gasteiger partial charge in [-0.1, -0.05) is 25.1 Å². The number of carbonyl (C=O) groups excluding carboxylic acids is 2. The molecule has 2 aromatic rings. The normalized spacial score (nSPS) is 18.8. The summed E-state index contributed by atoms with van der Waals surface area (Å²) in [4.78, 5) is 27.5. The molecule has 0 bridgehead atoms. The van der Waals surface area contributed by atoms with Crippen molar-refractivity contribution in [3.8, 4) is 5.75 Å². The lowest BCUT2D eigenvalue weighted by Gasteiger charge is -2.38. The van der Waals surface area contributed by atoms with Crippen LogP contribution < -0.4 is 10.1 Å². The number of amides is 2. The summed E-state index contributed by atoms with van der Waals surface area (Å²) in [6.45, 7) is 6.39. The predicted octanol–water partition coefficient (Wildman–Crippen LogP) is 4.39. The number of nitrogens with one attached hydrogen (secondary N) is 1. The fourth-order valence-corrected chi connectivity index (χ4v) is 4.34. The van der Waals surface area contributed by atoms with Gasteiger partial charge in [0.1, 0.15) is 11.6 Å². The topological polar surface area (TPSA) is 58.6 Å². The molecule has 2 atom stereocenters. The van der Waals surface area contributed by atoms with Gasteiger partial charge in [-0.15, -0.1) is 0 Å². The first-order chi connectivity index (χ1) is 15.4. The summed E-state index contributed by atoms with van der Waals surface area (Å²) in [5.41, 5.74) is 3.00. The number of rotatable bonds is 7. The number of fused-ring (bicyclic) bond motifs is 1. The van der Waals surface area contributed by atoms with Gasteiger partial charge in [0.15, 0.2) is 6.10 Å². The molecule has 1 N–H and O–H groups in total. The van der Waals surface area contributed by atoms with Crippen LogP contribution in [-0.2, 0) is 16.0 Å². The lowest BCUT2D eigenvalue weighted by molar-refractivity contribution is -0.134. The third-order valence-electron chi connectivity index (χ3n) is 6.11. The van der Waals surface area contributed by atoms with E-state index in [-0.39, 0.29) is 35.6 Å². The molecule has 32 heavy (non-hydrogen) atoms. The van der Waals surface area contributed by atoms with E-state index < -0.39 is 6.10 Å². The summed E-state index contributed by atoms with van der Waals surface area (Å²) < 4.78 is 19.7. The highest BCUT2D eigenvalue weighted by atomic mass is 19.1. The van der Waals surface area contributed by atoms with Crippen molar-refractivity contribution in [3.05, 3.63) is 65.0 Å². The number of hydrogen-bond acceptors (Lipinski definition) is 3. The van der Waals surface area contributed by atoms with E-state index in [1.807, 2.05) is 43.9 Å². The first-order valence-corrected chi connectivity index (χ1v) is 11.5. The quantitative estimate of drug-likeness (QED) is 0.698. The van der Waals surface area contributed by atoms with Crippen LogP contribution in [0, 0.1) is 11.7 Å². The molecule has 0 saturated heterocycles. The molecule has 0 unspecified atom stereocenters. The van der Waals surface area contributed by atoms with Crippen LogP contribution in [0.15, 0.2) is 42.5 Å². The molecule has 0 spiro atoms. The Morgan fingerprint density at radius 1 is 1.16 bits per heavy atom. The number of carbonyl (C=O) groups is 2. The van der Waals surface area contributed by atoms with E-state index in [4.69, 9.17) is 4.74 Å². The highest BCUT2D eigenvalue weighted by molar-refractivity contribution is 5.82. The zero-order chi connectivity index (χ0) is 22.8. The number of nitrogens with zero attached hydrogens (tertiary/aromatic N) is 1. The second-order valence-electron chi connectivity index (χ2n) is 9.05. The van der Waals surface area contributed by atoms with Crippen LogP contribution in [0.4, 0.5) is 4.39 Å². The first kappa shape index (κ1) is 22.3. The van der Waals surface area contributed by atoms with Crippen LogP contribution >= 0.6 is 0 Å². The maximum Gasteiger partial charge on any atom is 0.261 e. The molecule has 1 fully saturated rings. The van der Waals surface area contributed by atoms with Gasteiger partial charge < -0.3 is 15.0 Å². The molecule has 1 saturated carbocycles. The molecule has 1 heterocycles. The summed E-state index contributed by atoms with van der Waals surface area (Å²) in [5, 5.41) is 2.91. The van der Waals surface area contributed by atoms with E-state index in [1.165, 1.54) is 12.1 Å². The molecular weight excluding hydrogens is 407 g/mol. The Balaban J connectivity index is 1.67. The Morgan fingerprint density at radius 3 is 2.50 bits per heavy atom. The second kappa shape index (κ2) is 9.31. The molecule has 2 aromatic carbocycles. The molecule has 0 radical (unpaired) electrons. The van der Waals surface area contributed by atoms with Gasteiger partial charge in [-0.25, -0.2) is 4.39 Å². The standard InChI is InChI=1S/C26H31FN2O3/c1-4-23(25(30)28-16(2)3)32-21-12-9-17-13-14-29(26(31)19-5-6-19)24(22(17)15-21)18-7-10-20(27)11-8-18/h7-12,15-16,19,23-24H,4-6,13-14H2,1-3H3,(H,28,30)/t23-,24+/m1/s1. The average Bonchev–Trinajstić information content (AvgIpc) is 3.61.